The summed E-state index contributed by atoms with van der Waals surface area (Å²) in [6.07, 6.45) is 0. The lowest BCUT2D eigenvalue weighted by Crippen LogP contribution is -2.33. The monoisotopic (exact) mass is 304 g/mol. The van der Waals surface area contributed by atoms with Crippen LogP contribution in [0.3, 0.4) is 0 Å². The Kier molecular flexibility index (Phi) is 4.83. The molecule has 22 heavy (non-hydrogen) atoms. The lowest BCUT2D eigenvalue weighted by Gasteiger charge is -2.08. The molecular weight excluding hydrogens is 290 g/mol. The van der Waals surface area contributed by atoms with Crippen LogP contribution in [-0.4, -0.2) is 18.4 Å². The van der Waals surface area contributed by atoms with Crippen LogP contribution < -0.4 is 10.6 Å². The van der Waals surface area contributed by atoms with E-state index in [1.54, 1.807) is 13.0 Å². The van der Waals surface area contributed by atoms with Crippen molar-refractivity contribution in [3.8, 4) is 0 Å². The molecular formula is C16H14F2N2O2. The average molecular weight is 304 g/mol. The van der Waals surface area contributed by atoms with Crippen molar-refractivity contribution in [2.24, 2.45) is 0 Å². The Balaban J connectivity index is 1.89. The minimum Gasteiger partial charge on any atom is -0.343 e. The van der Waals surface area contributed by atoms with Gasteiger partial charge >= 0.3 is 0 Å². The Labute approximate surface area is 126 Å². The summed E-state index contributed by atoms with van der Waals surface area (Å²) >= 11 is 0. The average Bonchev–Trinajstić information content (AvgIpc) is 2.48. The Morgan fingerprint density at radius 1 is 1.05 bits per heavy atom. The molecule has 0 saturated carbocycles. The number of hydrogen-bond donors (Lipinski definition) is 2. The number of anilines is 1. The molecule has 2 aromatic carbocycles. The highest BCUT2D eigenvalue weighted by molar-refractivity contribution is 5.99. The van der Waals surface area contributed by atoms with Gasteiger partial charge in [-0.2, -0.15) is 0 Å². The van der Waals surface area contributed by atoms with Crippen LogP contribution in [-0.2, 0) is 4.79 Å². The lowest BCUT2D eigenvalue weighted by molar-refractivity contribution is -0.115. The molecule has 0 atom stereocenters. The Morgan fingerprint density at radius 2 is 1.73 bits per heavy atom. The lowest BCUT2D eigenvalue weighted by atomic mass is 10.2. The number of hydrogen-bond acceptors (Lipinski definition) is 2. The topological polar surface area (TPSA) is 58.2 Å². The molecule has 6 heteroatoms. The van der Waals surface area contributed by atoms with Crippen molar-refractivity contribution in [2.75, 3.05) is 11.9 Å². The van der Waals surface area contributed by atoms with Gasteiger partial charge in [-0.3, -0.25) is 9.59 Å². The summed E-state index contributed by atoms with van der Waals surface area (Å²) < 4.78 is 26.3. The molecule has 0 saturated heterocycles. The fourth-order valence-corrected chi connectivity index (χ4v) is 1.78. The van der Waals surface area contributed by atoms with E-state index in [2.05, 4.69) is 10.6 Å². The molecule has 2 rings (SSSR count). The van der Waals surface area contributed by atoms with Gasteiger partial charge in [0, 0.05) is 5.56 Å². The number of benzene rings is 2. The first-order valence-corrected chi connectivity index (χ1v) is 6.55. The van der Waals surface area contributed by atoms with Crippen molar-refractivity contribution in [3.05, 3.63) is 65.2 Å². The van der Waals surface area contributed by atoms with Gasteiger partial charge in [0.15, 0.2) is 0 Å². The third-order valence-electron chi connectivity index (χ3n) is 2.91. The Bertz CT molecular complexity index is 700. The fourth-order valence-electron chi connectivity index (χ4n) is 1.78. The van der Waals surface area contributed by atoms with E-state index in [1.807, 2.05) is 0 Å². The number of aryl methyl sites for hydroxylation is 1. The quantitative estimate of drug-likeness (QED) is 0.912. The highest BCUT2D eigenvalue weighted by Gasteiger charge is 2.10. The molecule has 0 aliphatic carbocycles. The van der Waals surface area contributed by atoms with Gasteiger partial charge in [-0.1, -0.05) is 6.07 Å². The van der Waals surface area contributed by atoms with E-state index in [-0.39, 0.29) is 17.8 Å². The van der Waals surface area contributed by atoms with E-state index >= 15 is 0 Å². The van der Waals surface area contributed by atoms with Crippen molar-refractivity contribution < 1.29 is 18.4 Å². The number of carbonyl (C=O) groups is 2. The molecule has 2 aromatic rings. The molecule has 4 nitrogen and oxygen atoms in total. The molecule has 0 spiro atoms. The number of nitrogens with one attached hydrogen (secondary N) is 2. The summed E-state index contributed by atoms with van der Waals surface area (Å²) in [5, 5.41) is 4.74. The normalized spacial score (nSPS) is 10.1. The van der Waals surface area contributed by atoms with Gasteiger partial charge in [0.2, 0.25) is 5.91 Å². The standard InChI is InChI=1S/C16H14F2N2O2/c1-10-2-7-14(13(18)8-10)20-15(21)9-19-16(22)11-3-5-12(17)6-4-11/h2-8H,9H2,1H3,(H,19,22)(H,20,21). The van der Waals surface area contributed by atoms with Gasteiger partial charge in [0.1, 0.15) is 11.6 Å². The second-order valence-electron chi connectivity index (χ2n) is 4.72. The van der Waals surface area contributed by atoms with E-state index in [0.29, 0.717) is 0 Å². The zero-order chi connectivity index (χ0) is 16.1. The van der Waals surface area contributed by atoms with Gasteiger partial charge in [-0.05, 0) is 48.9 Å². The number of carbonyl (C=O) groups excluding carboxylic acids is 2. The highest BCUT2D eigenvalue weighted by Crippen LogP contribution is 2.14. The van der Waals surface area contributed by atoms with E-state index < -0.39 is 23.4 Å². The predicted octanol–water partition coefficient (Wildman–Crippen LogP) is 2.64. The first-order valence-electron chi connectivity index (χ1n) is 6.55. The molecule has 0 unspecified atom stereocenters. The molecule has 2 N–H and O–H groups in total. The summed E-state index contributed by atoms with van der Waals surface area (Å²) in [5.74, 6) is -2.07. The summed E-state index contributed by atoms with van der Waals surface area (Å²) in [4.78, 5) is 23.4. The van der Waals surface area contributed by atoms with E-state index in [1.165, 1.54) is 24.3 Å². The summed E-state index contributed by atoms with van der Waals surface area (Å²) in [5.41, 5.74) is 1.02. The van der Waals surface area contributed by atoms with Gasteiger partial charge in [0.05, 0.1) is 12.2 Å². The van der Waals surface area contributed by atoms with E-state index in [4.69, 9.17) is 0 Å². The molecule has 114 valence electrons. The zero-order valence-electron chi connectivity index (χ0n) is 11.8. The third-order valence-corrected chi connectivity index (χ3v) is 2.91. The van der Waals surface area contributed by atoms with Crippen molar-refractivity contribution in [2.45, 2.75) is 6.92 Å². The molecule has 2 amide bonds. The van der Waals surface area contributed by atoms with Crippen LogP contribution in [0.2, 0.25) is 0 Å². The van der Waals surface area contributed by atoms with Gasteiger partial charge in [0.25, 0.3) is 5.91 Å². The van der Waals surface area contributed by atoms with Crippen LogP contribution in [0.1, 0.15) is 15.9 Å². The molecule has 0 aliphatic rings. The SMILES string of the molecule is Cc1ccc(NC(=O)CNC(=O)c2ccc(F)cc2)c(F)c1. The maximum absolute atomic E-state index is 13.6. The van der Waals surface area contributed by atoms with Crippen LogP contribution in [0.15, 0.2) is 42.5 Å². The van der Waals surface area contributed by atoms with Crippen molar-refractivity contribution >= 4 is 17.5 Å². The molecule has 0 fully saturated rings. The minimum atomic E-state index is -0.557. The van der Waals surface area contributed by atoms with Gasteiger partial charge in [-0.25, -0.2) is 8.78 Å². The number of amides is 2. The van der Waals surface area contributed by atoms with E-state index in [0.717, 1.165) is 17.7 Å². The molecule has 0 heterocycles. The van der Waals surface area contributed by atoms with Crippen LogP contribution in [0.25, 0.3) is 0 Å². The van der Waals surface area contributed by atoms with Crippen LogP contribution in [0, 0.1) is 18.6 Å². The Morgan fingerprint density at radius 3 is 2.36 bits per heavy atom. The van der Waals surface area contributed by atoms with Crippen molar-refractivity contribution in [1.29, 1.82) is 0 Å². The molecule has 0 aromatic heterocycles. The van der Waals surface area contributed by atoms with Gasteiger partial charge < -0.3 is 10.6 Å². The second kappa shape index (κ2) is 6.80. The first kappa shape index (κ1) is 15.6. The third kappa shape index (κ3) is 4.12. The smallest absolute Gasteiger partial charge is 0.251 e. The van der Waals surface area contributed by atoms with Crippen molar-refractivity contribution in [1.82, 2.24) is 5.32 Å². The van der Waals surface area contributed by atoms with Crippen molar-refractivity contribution in [3.63, 3.8) is 0 Å². The van der Waals surface area contributed by atoms with Crippen LogP contribution in [0.4, 0.5) is 14.5 Å². The summed E-state index contributed by atoms with van der Waals surface area (Å²) in [6, 6.07) is 9.32. The van der Waals surface area contributed by atoms with Crippen LogP contribution >= 0.6 is 0 Å². The largest absolute Gasteiger partial charge is 0.343 e. The maximum Gasteiger partial charge on any atom is 0.251 e. The summed E-state index contributed by atoms with van der Waals surface area (Å²) in [7, 11) is 0. The van der Waals surface area contributed by atoms with E-state index in [9.17, 15) is 18.4 Å². The minimum absolute atomic E-state index is 0.0478. The zero-order valence-corrected chi connectivity index (χ0v) is 11.8. The predicted molar refractivity (Wildman–Crippen MR) is 78.5 cm³/mol. The molecule has 0 aliphatic heterocycles. The second-order valence-corrected chi connectivity index (χ2v) is 4.72. The van der Waals surface area contributed by atoms with Crippen LogP contribution in [0.5, 0.6) is 0 Å². The summed E-state index contributed by atoms with van der Waals surface area (Å²) in [6.45, 7) is 1.42. The molecule has 0 bridgehead atoms. The number of halogens is 2. The maximum atomic E-state index is 13.6. The highest BCUT2D eigenvalue weighted by atomic mass is 19.1. The Hall–Kier alpha value is -2.76. The van der Waals surface area contributed by atoms with Gasteiger partial charge in [-0.15, -0.1) is 0 Å². The number of rotatable bonds is 4. The molecule has 0 radical (unpaired) electrons. The fraction of sp³-hybridized carbons (Fsp3) is 0.125. The first-order chi connectivity index (χ1) is 10.5.